The molecule has 0 aliphatic heterocycles. The Bertz CT molecular complexity index is 557. The van der Waals surface area contributed by atoms with Crippen LogP contribution in [0.1, 0.15) is 18.1 Å². The third kappa shape index (κ3) is 3.88. The number of rotatable bonds is 6. The Morgan fingerprint density at radius 1 is 1.15 bits per heavy atom. The second-order valence-electron chi connectivity index (χ2n) is 4.75. The van der Waals surface area contributed by atoms with Gasteiger partial charge in [-0.25, -0.2) is 0 Å². The lowest BCUT2D eigenvalue weighted by molar-refractivity contribution is -0.119. The SMILES string of the molecule is CCn1ccc(CNc2ccc(CC(=O)NC)cc2)c1. The molecular formula is C16H21N3O. The van der Waals surface area contributed by atoms with Crippen molar-refractivity contribution >= 4 is 11.6 Å². The quantitative estimate of drug-likeness (QED) is 0.847. The van der Waals surface area contributed by atoms with Gasteiger partial charge in [0.15, 0.2) is 0 Å². The molecule has 0 saturated heterocycles. The minimum Gasteiger partial charge on any atom is -0.381 e. The first-order valence-corrected chi connectivity index (χ1v) is 6.89. The van der Waals surface area contributed by atoms with Gasteiger partial charge in [0, 0.05) is 38.2 Å². The molecule has 4 heteroatoms. The molecule has 4 nitrogen and oxygen atoms in total. The molecule has 20 heavy (non-hydrogen) atoms. The van der Waals surface area contributed by atoms with Gasteiger partial charge in [0.2, 0.25) is 5.91 Å². The molecule has 1 aromatic heterocycles. The van der Waals surface area contributed by atoms with Crippen molar-refractivity contribution in [1.82, 2.24) is 9.88 Å². The van der Waals surface area contributed by atoms with E-state index in [2.05, 4.69) is 40.6 Å². The summed E-state index contributed by atoms with van der Waals surface area (Å²) in [4.78, 5) is 11.3. The first-order chi connectivity index (χ1) is 9.71. The summed E-state index contributed by atoms with van der Waals surface area (Å²) in [5, 5.41) is 6.00. The second-order valence-corrected chi connectivity index (χ2v) is 4.75. The first kappa shape index (κ1) is 14.2. The molecule has 0 aliphatic carbocycles. The molecule has 0 fully saturated rings. The Morgan fingerprint density at radius 3 is 2.50 bits per heavy atom. The number of likely N-dealkylation sites (N-methyl/N-ethyl adjacent to an activating group) is 1. The zero-order chi connectivity index (χ0) is 14.4. The number of carbonyl (C=O) groups excluding carboxylic acids is 1. The van der Waals surface area contributed by atoms with Crippen LogP contribution in [0.2, 0.25) is 0 Å². The van der Waals surface area contributed by atoms with E-state index in [0.717, 1.165) is 24.3 Å². The van der Waals surface area contributed by atoms with Crippen molar-refractivity contribution in [2.24, 2.45) is 0 Å². The summed E-state index contributed by atoms with van der Waals surface area (Å²) in [6, 6.07) is 10.1. The van der Waals surface area contributed by atoms with Crippen LogP contribution in [-0.2, 0) is 24.3 Å². The molecule has 0 unspecified atom stereocenters. The van der Waals surface area contributed by atoms with Gasteiger partial charge in [-0.2, -0.15) is 0 Å². The van der Waals surface area contributed by atoms with Crippen molar-refractivity contribution in [2.75, 3.05) is 12.4 Å². The van der Waals surface area contributed by atoms with Gasteiger partial charge in [0.05, 0.1) is 6.42 Å². The van der Waals surface area contributed by atoms with Crippen LogP contribution in [0.15, 0.2) is 42.7 Å². The summed E-state index contributed by atoms with van der Waals surface area (Å²) < 4.78 is 2.16. The van der Waals surface area contributed by atoms with E-state index in [1.54, 1.807) is 7.05 Å². The van der Waals surface area contributed by atoms with Gasteiger partial charge >= 0.3 is 0 Å². The number of nitrogens with one attached hydrogen (secondary N) is 2. The van der Waals surface area contributed by atoms with Crippen molar-refractivity contribution in [3.63, 3.8) is 0 Å². The average Bonchev–Trinajstić information content (AvgIpc) is 2.94. The van der Waals surface area contributed by atoms with Gasteiger partial charge < -0.3 is 15.2 Å². The van der Waals surface area contributed by atoms with Gasteiger partial charge in [0.1, 0.15) is 0 Å². The molecule has 0 radical (unpaired) electrons. The van der Waals surface area contributed by atoms with Crippen LogP contribution >= 0.6 is 0 Å². The second kappa shape index (κ2) is 6.80. The molecule has 2 rings (SSSR count). The number of nitrogens with zero attached hydrogens (tertiary/aromatic N) is 1. The van der Waals surface area contributed by atoms with Gasteiger partial charge in [-0.1, -0.05) is 12.1 Å². The fraction of sp³-hybridized carbons (Fsp3) is 0.312. The Hall–Kier alpha value is -2.23. The number of anilines is 1. The highest BCUT2D eigenvalue weighted by Crippen LogP contribution is 2.12. The molecule has 0 bridgehead atoms. The normalized spacial score (nSPS) is 10.3. The van der Waals surface area contributed by atoms with Crippen molar-refractivity contribution in [1.29, 1.82) is 0 Å². The standard InChI is InChI=1S/C16H21N3O/c1-3-19-9-8-14(12-19)11-18-15-6-4-13(5-7-15)10-16(20)17-2/h4-9,12,18H,3,10-11H2,1-2H3,(H,17,20). The molecule has 1 heterocycles. The zero-order valence-electron chi connectivity index (χ0n) is 12.0. The Labute approximate surface area is 119 Å². The number of hydrogen-bond acceptors (Lipinski definition) is 2. The van der Waals surface area contributed by atoms with E-state index in [0.29, 0.717) is 6.42 Å². The molecule has 0 atom stereocenters. The van der Waals surface area contributed by atoms with Gasteiger partial charge in [-0.15, -0.1) is 0 Å². The van der Waals surface area contributed by atoms with Crippen molar-refractivity contribution in [3.05, 3.63) is 53.9 Å². The largest absolute Gasteiger partial charge is 0.381 e. The van der Waals surface area contributed by atoms with Gasteiger partial charge in [-0.05, 0) is 36.2 Å². The first-order valence-electron chi connectivity index (χ1n) is 6.89. The molecular weight excluding hydrogens is 250 g/mol. The maximum absolute atomic E-state index is 11.3. The lowest BCUT2D eigenvalue weighted by Crippen LogP contribution is -2.19. The summed E-state index contributed by atoms with van der Waals surface area (Å²) in [6.45, 7) is 3.93. The van der Waals surface area contributed by atoms with Crippen LogP contribution in [-0.4, -0.2) is 17.5 Å². The Kier molecular flexibility index (Phi) is 4.82. The van der Waals surface area contributed by atoms with Crippen LogP contribution < -0.4 is 10.6 Å². The van der Waals surface area contributed by atoms with E-state index in [9.17, 15) is 4.79 Å². The van der Waals surface area contributed by atoms with Crippen LogP contribution in [0.5, 0.6) is 0 Å². The molecule has 0 spiro atoms. The summed E-state index contributed by atoms with van der Waals surface area (Å²) in [7, 11) is 1.65. The molecule has 2 aromatic rings. The highest BCUT2D eigenvalue weighted by molar-refractivity contribution is 5.78. The van der Waals surface area contributed by atoms with E-state index >= 15 is 0 Å². The summed E-state index contributed by atoms with van der Waals surface area (Å²) in [6.07, 6.45) is 4.66. The Morgan fingerprint density at radius 2 is 1.90 bits per heavy atom. The zero-order valence-corrected chi connectivity index (χ0v) is 12.0. The highest BCUT2D eigenvalue weighted by Gasteiger charge is 2.01. The lowest BCUT2D eigenvalue weighted by atomic mass is 10.1. The van der Waals surface area contributed by atoms with Crippen molar-refractivity contribution in [3.8, 4) is 0 Å². The molecule has 1 amide bonds. The molecule has 106 valence electrons. The molecule has 2 N–H and O–H groups in total. The number of hydrogen-bond donors (Lipinski definition) is 2. The fourth-order valence-corrected chi connectivity index (χ4v) is 2.01. The monoisotopic (exact) mass is 271 g/mol. The summed E-state index contributed by atoms with van der Waals surface area (Å²) >= 11 is 0. The minimum atomic E-state index is 0.0339. The van der Waals surface area contributed by atoms with Gasteiger partial charge in [-0.3, -0.25) is 4.79 Å². The van der Waals surface area contributed by atoms with E-state index < -0.39 is 0 Å². The topological polar surface area (TPSA) is 46.1 Å². The van der Waals surface area contributed by atoms with Crippen LogP contribution in [0.4, 0.5) is 5.69 Å². The van der Waals surface area contributed by atoms with E-state index in [-0.39, 0.29) is 5.91 Å². The van der Waals surface area contributed by atoms with E-state index in [4.69, 9.17) is 0 Å². The van der Waals surface area contributed by atoms with Crippen molar-refractivity contribution in [2.45, 2.75) is 26.4 Å². The number of aromatic nitrogens is 1. The summed E-state index contributed by atoms with van der Waals surface area (Å²) in [5.74, 6) is 0.0339. The number of benzene rings is 1. The highest BCUT2D eigenvalue weighted by atomic mass is 16.1. The maximum Gasteiger partial charge on any atom is 0.224 e. The predicted octanol–water partition coefficient (Wildman–Crippen LogP) is 2.41. The average molecular weight is 271 g/mol. The maximum atomic E-state index is 11.3. The van der Waals surface area contributed by atoms with Crippen LogP contribution in [0.25, 0.3) is 0 Å². The van der Waals surface area contributed by atoms with Crippen LogP contribution in [0, 0.1) is 0 Å². The van der Waals surface area contributed by atoms with Gasteiger partial charge in [0.25, 0.3) is 0 Å². The number of amides is 1. The predicted molar refractivity (Wildman–Crippen MR) is 81.6 cm³/mol. The smallest absolute Gasteiger partial charge is 0.224 e. The van der Waals surface area contributed by atoms with E-state index in [1.165, 1.54) is 5.56 Å². The third-order valence-corrected chi connectivity index (χ3v) is 3.27. The van der Waals surface area contributed by atoms with Crippen molar-refractivity contribution < 1.29 is 4.79 Å². The third-order valence-electron chi connectivity index (χ3n) is 3.27. The molecule has 0 aliphatic rings. The summed E-state index contributed by atoms with van der Waals surface area (Å²) in [5.41, 5.74) is 3.35. The number of aryl methyl sites for hydroxylation is 1. The fourth-order valence-electron chi connectivity index (χ4n) is 2.01. The lowest BCUT2D eigenvalue weighted by Gasteiger charge is -2.06. The minimum absolute atomic E-state index is 0.0339. The van der Waals surface area contributed by atoms with Crippen LogP contribution in [0.3, 0.4) is 0 Å². The number of carbonyl (C=O) groups is 1. The molecule has 1 aromatic carbocycles. The Balaban J connectivity index is 1.88. The van der Waals surface area contributed by atoms with E-state index in [1.807, 2.05) is 24.3 Å². The molecule has 0 saturated carbocycles.